The molecule has 2 nitrogen and oxygen atoms in total. The highest BCUT2D eigenvalue weighted by Crippen LogP contribution is 2.00. The molecule has 0 unspecified atom stereocenters. The zero-order valence-electron chi connectivity index (χ0n) is 7.63. The normalized spacial score (nSPS) is 9.82. The average Bonchev–Trinajstić information content (AvgIpc) is 1.98. The second-order valence-electron chi connectivity index (χ2n) is 2.98. The van der Waals surface area contributed by atoms with Gasteiger partial charge >= 0.3 is 0 Å². The van der Waals surface area contributed by atoms with Crippen LogP contribution in [0, 0.1) is 5.92 Å². The number of hydrogen-bond donors (Lipinski definition) is 0. The summed E-state index contributed by atoms with van der Waals surface area (Å²) in [5.74, 6) is 0.650. The molecule has 0 saturated heterocycles. The summed E-state index contributed by atoms with van der Waals surface area (Å²) in [5.41, 5.74) is 0. The molecule has 0 atom stereocenters. The van der Waals surface area contributed by atoms with Crippen LogP contribution in [0.3, 0.4) is 0 Å². The van der Waals surface area contributed by atoms with Crippen molar-refractivity contribution >= 4 is 5.91 Å². The lowest BCUT2D eigenvalue weighted by atomic mass is 10.2. The van der Waals surface area contributed by atoms with E-state index in [4.69, 9.17) is 0 Å². The Hall–Kier alpha value is -0.790. The predicted octanol–water partition coefficient (Wildman–Crippen LogP) is 2.02. The minimum Gasteiger partial charge on any atom is -0.319 e. The Morgan fingerprint density at radius 2 is 2.18 bits per heavy atom. The van der Waals surface area contributed by atoms with Gasteiger partial charge in [-0.25, -0.2) is 0 Å². The molecule has 0 heterocycles. The standard InChI is InChI=1S/C9H17NO/c1-5-9(11)10(6-2)7-8(3)4/h6,8H,2,5,7H2,1,3-4H3. The van der Waals surface area contributed by atoms with Crippen molar-refractivity contribution in [3.05, 3.63) is 12.8 Å². The highest BCUT2D eigenvalue weighted by Gasteiger charge is 2.08. The van der Waals surface area contributed by atoms with Crippen LogP contribution in [0.1, 0.15) is 27.2 Å². The van der Waals surface area contributed by atoms with E-state index in [9.17, 15) is 4.79 Å². The third-order valence-corrected chi connectivity index (χ3v) is 1.41. The molecule has 0 bridgehead atoms. The molecule has 0 radical (unpaired) electrons. The van der Waals surface area contributed by atoms with Crippen LogP contribution in [0.25, 0.3) is 0 Å². The van der Waals surface area contributed by atoms with Gasteiger partial charge in [0.25, 0.3) is 0 Å². The predicted molar refractivity (Wildman–Crippen MR) is 47.0 cm³/mol. The van der Waals surface area contributed by atoms with Gasteiger partial charge in [0.05, 0.1) is 0 Å². The van der Waals surface area contributed by atoms with Crippen molar-refractivity contribution in [1.82, 2.24) is 4.90 Å². The van der Waals surface area contributed by atoms with E-state index in [0.717, 1.165) is 6.54 Å². The monoisotopic (exact) mass is 155 g/mol. The topological polar surface area (TPSA) is 20.3 Å². The minimum absolute atomic E-state index is 0.147. The fraction of sp³-hybridized carbons (Fsp3) is 0.667. The molecular weight excluding hydrogens is 138 g/mol. The maximum Gasteiger partial charge on any atom is 0.226 e. The lowest BCUT2D eigenvalue weighted by Crippen LogP contribution is -2.28. The zero-order valence-corrected chi connectivity index (χ0v) is 7.63. The lowest BCUT2D eigenvalue weighted by molar-refractivity contribution is -0.128. The summed E-state index contributed by atoms with van der Waals surface area (Å²) < 4.78 is 0. The first-order valence-corrected chi connectivity index (χ1v) is 4.03. The van der Waals surface area contributed by atoms with Crippen LogP contribution in [-0.4, -0.2) is 17.4 Å². The molecule has 0 saturated carbocycles. The second kappa shape index (κ2) is 4.94. The Kier molecular flexibility index (Phi) is 4.59. The Balaban J connectivity index is 3.95. The zero-order chi connectivity index (χ0) is 8.85. The van der Waals surface area contributed by atoms with Gasteiger partial charge in [-0.15, -0.1) is 0 Å². The molecule has 0 aliphatic rings. The van der Waals surface area contributed by atoms with Crippen molar-refractivity contribution in [2.75, 3.05) is 6.54 Å². The van der Waals surface area contributed by atoms with Crippen LogP contribution in [0.5, 0.6) is 0 Å². The molecule has 0 aliphatic heterocycles. The molecule has 0 aromatic heterocycles. The fourth-order valence-electron chi connectivity index (χ4n) is 0.875. The van der Waals surface area contributed by atoms with Gasteiger partial charge in [0.1, 0.15) is 0 Å². The van der Waals surface area contributed by atoms with Gasteiger partial charge < -0.3 is 4.90 Å². The van der Waals surface area contributed by atoms with Crippen molar-refractivity contribution in [3.8, 4) is 0 Å². The maximum atomic E-state index is 11.1. The third kappa shape index (κ3) is 3.81. The van der Waals surface area contributed by atoms with E-state index in [1.54, 1.807) is 11.1 Å². The number of nitrogens with zero attached hydrogens (tertiary/aromatic N) is 1. The lowest BCUT2D eigenvalue weighted by Gasteiger charge is -2.18. The van der Waals surface area contributed by atoms with E-state index in [2.05, 4.69) is 20.4 Å². The van der Waals surface area contributed by atoms with Crippen LogP contribution in [0.15, 0.2) is 12.8 Å². The summed E-state index contributed by atoms with van der Waals surface area (Å²) in [4.78, 5) is 12.8. The van der Waals surface area contributed by atoms with E-state index < -0.39 is 0 Å². The number of rotatable bonds is 4. The van der Waals surface area contributed by atoms with Crippen molar-refractivity contribution in [1.29, 1.82) is 0 Å². The molecule has 1 amide bonds. The first-order valence-electron chi connectivity index (χ1n) is 4.03. The largest absolute Gasteiger partial charge is 0.319 e. The van der Waals surface area contributed by atoms with E-state index in [1.165, 1.54) is 0 Å². The quantitative estimate of drug-likeness (QED) is 0.608. The first-order chi connectivity index (χ1) is 5.11. The average molecular weight is 155 g/mol. The molecule has 0 N–H and O–H groups in total. The van der Waals surface area contributed by atoms with Crippen molar-refractivity contribution in [2.45, 2.75) is 27.2 Å². The molecule has 0 aliphatic carbocycles. The van der Waals surface area contributed by atoms with Gasteiger partial charge in [-0.05, 0) is 12.1 Å². The summed E-state index contributed by atoms with van der Waals surface area (Å²) in [6.07, 6.45) is 2.16. The Labute approximate surface area is 68.9 Å². The Bertz CT molecular complexity index is 140. The maximum absolute atomic E-state index is 11.1. The summed E-state index contributed by atoms with van der Waals surface area (Å²) >= 11 is 0. The third-order valence-electron chi connectivity index (χ3n) is 1.41. The summed E-state index contributed by atoms with van der Waals surface area (Å²) in [5, 5.41) is 0. The Morgan fingerprint density at radius 1 is 1.64 bits per heavy atom. The van der Waals surface area contributed by atoms with E-state index in [1.807, 2.05) is 6.92 Å². The van der Waals surface area contributed by atoms with Gasteiger partial charge in [0.2, 0.25) is 5.91 Å². The van der Waals surface area contributed by atoms with Crippen LogP contribution < -0.4 is 0 Å². The van der Waals surface area contributed by atoms with Crippen LogP contribution in [-0.2, 0) is 4.79 Å². The summed E-state index contributed by atoms with van der Waals surface area (Å²) in [7, 11) is 0. The Morgan fingerprint density at radius 3 is 2.45 bits per heavy atom. The first kappa shape index (κ1) is 10.2. The number of carbonyl (C=O) groups excluding carboxylic acids is 1. The van der Waals surface area contributed by atoms with E-state index in [0.29, 0.717) is 12.3 Å². The SMILES string of the molecule is C=CN(CC(C)C)C(=O)CC. The fourth-order valence-corrected chi connectivity index (χ4v) is 0.875. The molecular formula is C9H17NO. The molecule has 64 valence electrons. The molecule has 0 aromatic carbocycles. The van der Waals surface area contributed by atoms with E-state index in [-0.39, 0.29) is 5.91 Å². The van der Waals surface area contributed by atoms with Gasteiger partial charge in [-0.1, -0.05) is 27.4 Å². The molecule has 0 spiro atoms. The summed E-state index contributed by atoms with van der Waals surface area (Å²) in [6.45, 7) is 10.4. The molecule has 0 fully saturated rings. The molecule has 0 aromatic rings. The van der Waals surface area contributed by atoms with Crippen LogP contribution in [0.4, 0.5) is 0 Å². The molecule has 2 heteroatoms. The molecule has 11 heavy (non-hydrogen) atoms. The van der Waals surface area contributed by atoms with Gasteiger partial charge in [-0.2, -0.15) is 0 Å². The second-order valence-corrected chi connectivity index (χ2v) is 2.98. The van der Waals surface area contributed by atoms with Gasteiger partial charge in [0, 0.05) is 13.0 Å². The van der Waals surface area contributed by atoms with Crippen molar-refractivity contribution in [2.24, 2.45) is 5.92 Å². The number of amides is 1. The van der Waals surface area contributed by atoms with Crippen LogP contribution in [0.2, 0.25) is 0 Å². The smallest absolute Gasteiger partial charge is 0.226 e. The number of hydrogen-bond acceptors (Lipinski definition) is 1. The highest BCUT2D eigenvalue weighted by molar-refractivity contribution is 5.76. The van der Waals surface area contributed by atoms with Crippen LogP contribution >= 0.6 is 0 Å². The van der Waals surface area contributed by atoms with Gasteiger partial charge in [0.15, 0.2) is 0 Å². The van der Waals surface area contributed by atoms with Crippen molar-refractivity contribution in [3.63, 3.8) is 0 Å². The van der Waals surface area contributed by atoms with Crippen molar-refractivity contribution < 1.29 is 4.79 Å². The number of carbonyl (C=O) groups is 1. The highest BCUT2D eigenvalue weighted by atomic mass is 16.2. The minimum atomic E-state index is 0.147. The van der Waals surface area contributed by atoms with Gasteiger partial charge in [-0.3, -0.25) is 4.79 Å². The van der Waals surface area contributed by atoms with E-state index >= 15 is 0 Å². The molecule has 0 rings (SSSR count). The summed E-state index contributed by atoms with van der Waals surface area (Å²) in [6, 6.07) is 0.